The molecular formula is C16H17N3OS. The number of benzene rings is 1. The molecule has 1 aromatic carbocycles. The van der Waals surface area contributed by atoms with Crippen LogP contribution in [0.25, 0.3) is 5.69 Å². The fraction of sp³-hybridized carbons (Fsp3) is 0.250. The summed E-state index contributed by atoms with van der Waals surface area (Å²) >= 11 is 1.74. The molecule has 0 aliphatic rings. The van der Waals surface area contributed by atoms with Crippen molar-refractivity contribution < 1.29 is 5.11 Å². The summed E-state index contributed by atoms with van der Waals surface area (Å²) < 4.78 is 0. The fourth-order valence-electron chi connectivity index (χ4n) is 2.13. The van der Waals surface area contributed by atoms with Crippen molar-refractivity contribution in [3.8, 4) is 5.69 Å². The van der Waals surface area contributed by atoms with Gasteiger partial charge in [0.1, 0.15) is 11.8 Å². The van der Waals surface area contributed by atoms with Crippen LogP contribution in [0.2, 0.25) is 0 Å². The number of nitrogens with zero attached hydrogens (tertiary/aromatic N) is 3. The van der Waals surface area contributed by atoms with E-state index in [1.807, 2.05) is 30.3 Å². The second-order valence-corrected chi connectivity index (χ2v) is 6.09. The Labute approximate surface area is 127 Å². The smallest absolute Gasteiger partial charge is 0.112 e. The molecule has 0 saturated heterocycles. The van der Waals surface area contributed by atoms with Crippen LogP contribution in [0.1, 0.15) is 28.5 Å². The second kappa shape index (κ2) is 6.20. The van der Waals surface area contributed by atoms with Gasteiger partial charge in [0, 0.05) is 16.2 Å². The van der Waals surface area contributed by atoms with Gasteiger partial charge in [-0.15, -0.1) is 11.3 Å². The minimum atomic E-state index is -0.620. The molecule has 0 aliphatic heterocycles. The number of aliphatic hydroxyl groups is 1. The first-order valence-electron chi connectivity index (χ1n) is 6.99. The molecule has 21 heavy (non-hydrogen) atoms. The van der Waals surface area contributed by atoms with Crippen LogP contribution in [0.5, 0.6) is 0 Å². The van der Waals surface area contributed by atoms with Gasteiger partial charge in [-0.05, 0) is 30.7 Å². The molecule has 0 aliphatic carbocycles. The van der Waals surface area contributed by atoms with Crippen molar-refractivity contribution in [2.75, 3.05) is 0 Å². The van der Waals surface area contributed by atoms with Gasteiger partial charge < -0.3 is 5.11 Å². The van der Waals surface area contributed by atoms with Crippen LogP contribution in [0.4, 0.5) is 0 Å². The lowest BCUT2D eigenvalue weighted by molar-refractivity contribution is 0.174. The SMILES string of the molecule is CCc1ccc(CC(O)c2cnn(-c3ccccc3)n2)s1. The lowest BCUT2D eigenvalue weighted by atomic mass is 10.2. The van der Waals surface area contributed by atoms with E-state index >= 15 is 0 Å². The van der Waals surface area contributed by atoms with Crippen molar-refractivity contribution in [1.29, 1.82) is 0 Å². The first-order valence-corrected chi connectivity index (χ1v) is 7.81. The molecule has 3 aromatic rings. The molecule has 0 fully saturated rings. The maximum atomic E-state index is 10.3. The third-order valence-electron chi connectivity index (χ3n) is 3.30. The van der Waals surface area contributed by atoms with Gasteiger partial charge in [-0.1, -0.05) is 25.1 Å². The number of aromatic nitrogens is 3. The first-order chi connectivity index (χ1) is 10.3. The molecule has 2 heterocycles. The van der Waals surface area contributed by atoms with Gasteiger partial charge in [0.2, 0.25) is 0 Å². The highest BCUT2D eigenvalue weighted by atomic mass is 32.1. The molecule has 5 heteroatoms. The number of hydrogen-bond donors (Lipinski definition) is 1. The number of rotatable bonds is 5. The first kappa shape index (κ1) is 14.0. The van der Waals surface area contributed by atoms with Gasteiger partial charge in [-0.2, -0.15) is 15.0 Å². The molecule has 3 rings (SSSR count). The maximum Gasteiger partial charge on any atom is 0.112 e. The van der Waals surface area contributed by atoms with Crippen molar-refractivity contribution >= 4 is 11.3 Å². The molecule has 108 valence electrons. The zero-order valence-corrected chi connectivity index (χ0v) is 12.6. The van der Waals surface area contributed by atoms with Crippen molar-refractivity contribution in [2.45, 2.75) is 25.9 Å². The average molecular weight is 299 g/mol. The Kier molecular flexibility index (Phi) is 4.13. The van der Waals surface area contributed by atoms with Crippen LogP contribution in [-0.2, 0) is 12.8 Å². The van der Waals surface area contributed by atoms with Crippen LogP contribution in [-0.4, -0.2) is 20.1 Å². The zero-order valence-electron chi connectivity index (χ0n) is 11.8. The molecule has 0 saturated carbocycles. The molecule has 1 atom stereocenters. The Morgan fingerprint density at radius 1 is 1.14 bits per heavy atom. The summed E-state index contributed by atoms with van der Waals surface area (Å²) in [6, 6.07) is 13.9. The molecule has 1 unspecified atom stereocenters. The van der Waals surface area contributed by atoms with Gasteiger partial charge in [0.05, 0.1) is 11.9 Å². The quantitative estimate of drug-likeness (QED) is 0.787. The maximum absolute atomic E-state index is 10.3. The molecule has 0 radical (unpaired) electrons. The van der Waals surface area contributed by atoms with Crippen molar-refractivity contribution in [3.63, 3.8) is 0 Å². The van der Waals surface area contributed by atoms with Crippen LogP contribution < -0.4 is 0 Å². The summed E-state index contributed by atoms with van der Waals surface area (Å²) in [6.45, 7) is 2.14. The molecule has 1 N–H and O–H groups in total. The molecule has 2 aromatic heterocycles. The minimum absolute atomic E-state index is 0.581. The van der Waals surface area contributed by atoms with Gasteiger partial charge in [0.15, 0.2) is 0 Å². The number of para-hydroxylation sites is 1. The predicted molar refractivity (Wildman–Crippen MR) is 83.7 cm³/mol. The lowest BCUT2D eigenvalue weighted by Gasteiger charge is -2.05. The van der Waals surface area contributed by atoms with E-state index in [2.05, 4.69) is 29.3 Å². The third kappa shape index (κ3) is 3.20. The normalized spacial score (nSPS) is 12.5. The summed E-state index contributed by atoms with van der Waals surface area (Å²) in [5, 5.41) is 18.9. The van der Waals surface area contributed by atoms with E-state index < -0.39 is 6.10 Å². The second-order valence-electron chi connectivity index (χ2n) is 4.84. The summed E-state index contributed by atoms with van der Waals surface area (Å²) in [5.74, 6) is 0. The highest BCUT2D eigenvalue weighted by molar-refractivity contribution is 7.11. The van der Waals surface area contributed by atoms with Crippen LogP contribution >= 0.6 is 11.3 Å². The largest absolute Gasteiger partial charge is 0.386 e. The van der Waals surface area contributed by atoms with E-state index in [1.54, 1.807) is 22.3 Å². The summed E-state index contributed by atoms with van der Waals surface area (Å²) in [5.41, 5.74) is 1.49. The van der Waals surface area contributed by atoms with E-state index in [-0.39, 0.29) is 0 Å². The van der Waals surface area contributed by atoms with Gasteiger partial charge in [-0.25, -0.2) is 0 Å². The Hall–Kier alpha value is -1.98. The topological polar surface area (TPSA) is 50.9 Å². The highest BCUT2D eigenvalue weighted by Gasteiger charge is 2.14. The van der Waals surface area contributed by atoms with Gasteiger partial charge >= 0.3 is 0 Å². The molecule has 0 spiro atoms. The third-order valence-corrected chi connectivity index (χ3v) is 4.55. The van der Waals surface area contributed by atoms with Crippen molar-refractivity contribution in [3.05, 3.63) is 64.1 Å². The number of aryl methyl sites for hydroxylation is 1. The Balaban J connectivity index is 1.73. The van der Waals surface area contributed by atoms with Crippen molar-refractivity contribution in [2.24, 2.45) is 0 Å². The molecule has 0 bridgehead atoms. The standard InChI is InChI=1S/C16H17N3OS/c1-2-13-8-9-14(21-13)10-16(20)15-11-17-19(18-15)12-6-4-3-5-7-12/h3-9,11,16,20H,2,10H2,1H3. The van der Waals surface area contributed by atoms with Gasteiger partial charge in [0.25, 0.3) is 0 Å². The van der Waals surface area contributed by atoms with Gasteiger partial charge in [-0.3, -0.25) is 0 Å². The Bertz CT molecular complexity index is 705. The van der Waals surface area contributed by atoms with E-state index in [0.717, 1.165) is 12.1 Å². The van der Waals surface area contributed by atoms with Crippen LogP contribution in [0.3, 0.4) is 0 Å². The highest BCUT2D eigenvalue weighted by Crippen LogP contribution is 2.23. The number of thiophene rings is 1. The average Bonchev–Trinajstić information content (AvgIpc) is 3.17. The van der Waals surface area contributed by atoms with Crippen LogP contribution in [0.15, 0.2) is 48.7 Å². The lowest BCUT2D eigenvalue weighted by Crippen LogP contribution is -2.04. The summed E-state index contributed by atoms with van der Waals surface area (Å²) in [7, 11) is 0. The fourth-order valence-corrected chi connectivity index (χ4v) is 3.12. The zero-order chi connectivity index (χ0) is 14.7. The van der Waals surface area contributed by atoms with Crippen LogP contribution in [0, 0.1) is 0 Å². The number of hydrogen-bond acceptors (Lipinski definition) is 4. The molecular weight excluding hydrogens is 282 g/mol. The minimum Gasteiger partial charge on any atom is -0.386 e. The Morgan fingerprint density at radius 3 is 2.62 bits per heavy atom. The summed E-state index contributed by atoms with van der Waals surface area (Å²) in [6.07, 6.45) is 2.63. The van der Waals surface area contributed by atoms with E-state index in [1.165, 1.54) is 9.75 Å². The predicted octanol–water partition coefficient (Wildman–Crippen LogP) is 3.17. The monoisotopic (exact) mass is 299 g/mol. The van der Waals surface area contributed by atoms with E-state index in [9.17, 15) is 5.11 Å². The summed E-state index contributed by atoms with van der Waals surface area (Å²) in [4.78, 5) is 4.06. The van der Waals surface area contributed by atoms with E-state index in [4.69, 9.17) is 0 Å². The molecule has 4 nitrogen and oxygen atoms in total. The van der Waals surface area contributed by atoms with E-state index in [0.29, 0.717) is 12.1 Å². The molecule has 0 amide bonds. The van der Waals surface area contributed by atoms with Crippen molar-refractivity contribution in [1.82, 2.24) is 15.0 Å². The number of aliphatic hydroxyl groups excluding tert-OH is 1. The Morgan fingerprint density at radius 2 is 1.90 bits per heavy atom.